The van der Waals surface area contributed by atoms with Gasteiger partial charge in [0.2, 0.25) is 0 Å². The van der Waals surface area contributed by atoms with Gasteiger partial charge in [0.25, 0.3) is 0 Å². The van der Waals surface area contributed by atoms with E-state index < -0.39 is 0 Å². The summed E-state index contributed by atoms with van der Waals surface area (Å²) in [6.07, 6.45) is 3.41. The minimum absolute atomic E-state index is 0.0245. The van der Waals surface area contributed by atoms with Crippen molar-refractivity contribution in [1.29, 1.82) is 0 Å². The maximum Gasteiger partial charge on any atom is 0.157 e. The first-order chi connectivity index (χ1) is 8.24. The van der Waals surface area contributed by atoms with Crippen molar-refractivity contribution in [3.8, 4) is 11.4 Å². The van der Waals surface area contributed by atoms with Crippen LogP contribution in [0.2, 0.25) is 5.02 Å². The second kappa shape index (κ2) is 5.21. The second-order valence-electron chi connectivity index (χ2n) is 3.50. The molecule has 0 atom stereocenters. The summed E-state index contributed by atoms with van der Waals surface area (Å²) < 4.78 is 6.97. The summed E-state index contributed by atoms with van der Waals surface area (Å²) in [6.45, 7) is 2.49. The van der Waals surface area contributed by atoms with Crippen LogP contribution in [0.4, 0.5) is 0 Å². The highest BCUT2D eigenvalue weighted by molar-refractivity contribution is 6.32. The number of benzene rings is 1. The zero-order chi connectivity index (χ0) is 12.3. The van der Waals surface area contributed by atoms with Crippen LogP contribution in [-0.2, 0) is 6.61 Å². The quantitative estimate of drug-likeness (QED) is 0.909. The molecule has 0 saturated carbocycles. The van der Waals surface area contributed by atoms with Crippen molar-refractivity contribution in [3.63, 3.8) is 0 Å². The van der Waals surface area contributed by atoms with Crippen molar-refractivity contribution in [2.45, 2.75) is 13.5 Å². The molecule has 2 aromatic rings. The molecule has 0 saturated heterocycles. The molecule has 0 aliphatic heterocycles. The van der Waals surface area contributed by atoms with E-state index in [0.717, 1.165) is 11.3 Å². The van der Waals surface area contributed by atoms with Crippen LogP contribution in [0.15, 0.2) is 30.6 Å². The number of ether oxygens (including phenoxy) is 1. The Labute approximate surface area is 104 Å². The van der Waals surface area contributed by atoms with Gasteiger partial charge in [0, 0.05) is 0 Å². The molecule has 0 radical (unpaired) electrons. The summed E-state index contributed by atoms with van der Waals surface area (Å²) in [6, 6.07) is 5.35. The number of aromatic nitrogens is 2. The zero-order valence-electron chi connectivity index (χ0n) is 9.43. The van der Waals surface area contributed by atoms with Crippen molar-refractivity contribution in [2.24, 2.45) is 0 Å². The van der Waals surface area contributed by atoms with Gasteiger partial charge in [0.15, 0.2) is 5.75 Å². The highest BCUT2D eigenvalue weighted by atomic mass is 35.5. The maximum atomic E-state index is 9.00. The van der Waals surface area contributed by atoms with Crippen LogP contribution in [0, 0.1) is 0 Å². The van der Waals surface area contributed by atoms with Crippen molar-refractivity contribution >= 4 is 11.6 Å². The van der Waals surface area contributed by atoms with E-state index in [4.69, 9.17) is 21.4 Å². The number of aliphatic hydroxyl groups excluding tert-OH is 1. The number of rotatable bonds is 4. The monoisotopic (exact) mass is 252 g/mol. The van der Waals surface area contributed by atoms with Crippen LogP contribution in [0.5, 0.6) is 5.75 Å². The highest BCUT2D eigenvalue weighted by Crippen LogP contribution is 2.23. The van der Waals surface area contributed by atoms with Crippen LogP contribution in [0.3, 0.4) is 0 Å². The van der Waals surface area contributed by atoms with E-state index in [1.165, 1.54) is 0 Å². The molecule has 1 heterocycles. The van der Waals surface area contributed by atoms with Crippen LogP contribution in [-0.4, -0.2) is 21.5 Å². The molecule has 0 aliphatic rings. The minimum atomic E-state index is -0.0245. The van der Waals surface area contributed by atoms with Gasteiger partial charge in [0.1, 0.15) is 0 Å². The molecule has 90 valence electrons. The van der Waals surface area contributed by atoms with E-state index in [1.54, 1.807) is 23.1 Å². The van der Waals surface area contributed by atoms with Crippen molar-refractivity contribution in [3.05, 3.63) is 41.2 Å². The first-order valence-electron chi connectivity index (χ1n) is 5.31. The third-order valence-corrected chi connectivity index (χ3v) is 2.61. The molecule has 1 aromatic heterocycles. The molecule has 0 amide bonds. The third-order valence-electron chi connectivity index (χ3n) is 2.31. The maximum absolute atomic E-state index is 9.00. The molecule has 2 rings (SSSR count). The molecule has 0 fully saturated rings. The number of halogens is 1. The average molecular weight is 253 g/mol. The SMILES string of the molecule is CCOc1cnn(-c2ccc(CO)cc2Cl)c1. The molecule has 4 nitrogen and oxygen atoms in total. The predicted octanol–water partition coefficient (Wildman–Crippen LogP) is 2.42. The fourth-order valence-corrected chi connectivity index (χ4v) is 1.80. The van der Waals surface area contributed by atoms with Gasteiger partial charge in [-0.05, 0) is 24.6 Å². The fraction of sp³-hybridized carbons (Fsp3) is 0.250. The summed E-state index contributed by atoms with van der Waals surface area (Å²) in [4.78, 5) is 0. The smallest absolute Gasteiger partial charge is 0.157 e. The van der Waals surface area contributed by atoms with Crippen LogP contribution in [0.25, 0.3) is 5.69 Å². The first kappa shape index (κ1) is 12.0. The summed E-state index contributed by atoms with van der Waals surface area (Å²) in [7, 11) is 0. The van der Waals surface area contributed by atoms with Gasteiger partial charge in [-0.2, -0.15) is 5.10 Å². The van der Waals surface area contributed by atoms with E-state index in [9.17, 15) is 0 Å². The van der Waals surface area contributed by atoms with Crippen LogP contribution >= 0.6 is 11.6 Å². The second-order valence-corrected chi connectivity index (χ2v) is 3.90. The predicted molar refractivity (Wildman–Crippen MR) is 65.7 cm³/mol. The zero-order valence-corrected chi connectivity index (χ0v) is 10.2. The minimum Gasteiger partial charge on any atom is -0.491 e. The number of aliphatic hydroxyl groups is 1. The van der Waals surface area contributed by atoms with E-state index in [2.05, 4.69) is 5.10 Å². The molecular formula is C12H13ClN2O2. The van der Waals surface area contributed by atoms with E-state index >= 15 is 0 Å². The van der Waals surface area contributed by atoms with Gasteiger partial charge < -0.3 is 9.84 Å². The van der Waals surface area contributed by atoms with Gasteiger partial charge in [-0.15, -0.1) is 0 Å². The molecule has 5 heteroatoms. The Morgan fingerprint density at radius 1 is 1.47 bits per heavy atom. The Balaban J connectivity index is 2.32. The Bertz CT molecular complexity index is 511. The molecule has 1 N–H and O–H groups in total. The van der Waals surface area contributed by atoms with Crippen LogP contribution < -0.4 is 4.74 Å². The molecule has 0 bridgehead atoms. The van der Waals surface area contributed by atoms with E-state index in [0.29, 0.717) is 17.4 Å². The average Bonchev–Trinajstić information content (AvgIpc) is 2.78. The van der Waals surface area contributed by atoms with Crippen molar-refractivity contribution in [2.75, 3.05) is 6.61 Å². The van der Waals surface area contributed by atoms with Gasteiger partial charge in [-0.25, -0.2) is 4.68 Å². The van der Waals surface area contributed by atoms with Crippen LogP contribution in [0.1, 0.15) is 12.5 Å². The summed E-state index contributed by atoms with van der Waals surface area (Å²) >= 11 is 6.12. The normalized spacial score (nSPS) is 10.5. The number of hydrogen-bond donors (Lipinski definition) is 1. The third kappa shape index (κ3) is 2.60. The lowest BCUT2D eigenvalue weighted by Crippen LogP contribution is -1.96. The Morgan fingerprint density at radius 3 is 2.94 bits per heavy atom. The van der Waals surface area contributed by atoms with Crippen molar-refractivity contribution in [1.82, 2.24) is 9.78 Å². The van der Waals surface area contributed by atoms with Gasteiger partial charge >= 0.3 is 0 Å². The molecule has 0 aliphatic carbocycles. The number of hydrogen-bond acceptors (Lipinski definition) is 3. The van der Waals surface area contributed by atoms with E-state index in [-0.39, 0.29) is 6.61 Å². The molecule has 17 heavy (non-hydrogen) atoms. The largest absolute Gasteiger partial charge is 0.491 e. The standard InChI is InChI=1S/C12H13ClN2O2/c1-2-17-10-6-14-15(7-10)12-4-3-9(8-16)5-11(12)13/h3-7,16H,2,8H2,1H3. The molecule has 0 spiro atoms. The Morgan fingerprint density at radius 2 is 2.29 bits per heavy atom. The van der Waals surface area contributed by atoms with Crippen molar-refractivity contribution < 1.29 is 9.84 Å². The first-order valence-corrected chi connectivity index (χ1v) is 5.69. The summed E-state index contributed by atoms with van der Waals surface area (Å²) in [5.41, 5.74) is 1.53. The topological polar surface area (TPSA) is 47.3 Å². The van der Waals surface area contributed by atoms with Gasteiger partial charge in [-0.1, -0.05) is 17.7 Å². The lowest BCUT2D eigenvalue weighted by molar-refractivity contribution is 0.282. The highest BCUT2D eigenvalue weighted by Gasteiger charge is 2.06. The van der Waals surface area contributed by atoms with E-state index in [1.807, 2.05) is 19.1 Å². The lowest BCUT2D eigenvalue weighted by atomic mass is 10.2. The summed E-state index contributed by atoms with van der Waals surface area (Å²) in [5.74, 6) is 0.704. The Hall–Kier alpha value is -1.52. The molecular weight excluding hydrogens is 240 g/mol. The Kier molecular flexibility index (Phi) is 3.66. The molecule has 1 aromatic carbocycles. The fourth-order valence-electron chi connectivity index (χ4n) is 1.51. The summed E-state index contributed by atoms with van der Waals surface area (Å²) in [5, 5.41) is 13.7. The van der Waals surface area contributed by atoms with Gasteiger partial charge in [0.05, 0.1) is 36.3 Å². The lowest BCUT2D eigenvalue weighted by Gasteiger charge is -2.05. The molecule has 0 unspecified atom stereocenters. The van der Waals surface area contributed by atoms with Gasteiger partial charge in [-0.3, -0.25) is 0 Å². The number of nitrogens with zero attached hydrogens (tertiary/aromatic N) is 2.